The Hall–Kier alpha value is -3.51. The van der Waals surface area contributed by atoms with Gasteiger partial charge in [0.25, 0.3) is 0 Å². The largest absolute Gasteiger partial charge is 0.442 e. The van der Waals surface area contributed by atoms with Crippen molar-refractivity contribution >= 4 is 38.8 Å². The maximum atomic E-state index is 13.3. The van der Waals surface area contributed by atoms with Crippen molar-refractivity contribution in [3.05, 3.63) is 54.5 Å². The molecule has 0 radical (unpaired) electrons. The minimum absolute atomic E-state index is 0.0774. The van der Waals surface area contributed by atoms with Gasteiger partial charge in [0, 0.05) is 25.7 Å². The second-order valence-corrected chi connectivity index (χ2v) is 14.2. The lowest BCUT2D eigenvalue weighted by Crippen LogP contribution is -2.38. The summed E-state index contributed by atoms with van der Waals surface area (Å²) < 4.78 is 33.8. The summed E-state index contributed by atoms with van der Waals surface area (Å²) >= 11 is 0. The first-order valence-electron chi connectivity index (χ1n) is 14.3. The van der Waals surface area contributed by atoms with E-state index in [4.69, 9.17) is 4.74 Å². The molecule has 1 fully saturated rings. The van der Waals surface area contributed by atoms with E-state index in [0.717, 1.165) is 36.9 Å². The van der Waals surface area contributed by atoms with Crippen molar-refractivity contribution in [2.24, 2.45) is 11.3 Å². The molecular formula is C30H42N6O5S. The van der Waals surface area contributed by atoms with Crippen molar-refractivity contribution in [1.82, 2.24) is 24.6 Å². The third-order valence-corrected chi connectivity index (χ3v) is 9.24. The lowest BCUT2D eigenvalue weighted by Gasteiger charge is -2.35. The van der Waals surface area contributed by atoms with Crippen molar-refractivity contribution in [3.63, 3.8) is 0 Å². The fourth-order valence-corrected chi connectivity index (χ4v) is 6.60. The van der Waals surface area contributed by atoms with Crippen molar-refractivity contribution in [2.45, 2.75) is 71.7 Å². The van der Waals surface area contributed by atoms with Gasteiger partial charge in [0.15, 0.2) is 12.8 Å². The van der Waals surface area contributed by atoms with Crippen LogP contribution in [-0.4, -0.2) is 60.7 Å². The summed E-state index contributed by atoms with van der Waals surface area (Å²) in [6.07, 6.45) is 6.97. The molecule has 0 unspecified atom stereocenters. The molecule has 4 rings (SSSR count). The first-order valence-corrected chi connectivity index (χ1v) is 16.0. The fraction of sp³-hybridized carbons (Fsp3) is 0.533. The van der Waals surface area contributed by atoms with Gasteiger partial charge in [-0.1, -0.05) is 51.1 Å². The average molecular weight is 599 g/mol. The van der Waals surface area contributed by atoms with Crippen molar-refractivity contribution in [1.29, 1.82) is 0 Å². The number of hydrogen-bond acceptors (Lipinski definition) is 8. The number of nitrogens with zero attached hydrogens (tertiary/aromatic N) is 4. The van der Waals surface area contributed by atoms with Crippen LogP contribution in [-0.2, 0) is 31.1 Å². The highest BCUT2D eigenvalue weighted by molar-refractivity contribution is 7.89. The van der Waals surface area contributed by atoms with Gasteiger partial charge in [-0.05, 0) is 55.7 Å². The molecule has 1 aliphatic rings. The number of hydrogen-bond donors (Lipinski definition) is 2. The lowest BCUT2D eigenvalue weighted by molar-refractivity contribution is -0.151. The first-order chi connectivity index (χ1) is 19.9. The smallest absolute Gasteiger partial charge is 0.335 e. The van der Waals surface area contributed by atoms with E-state index in [9.17, 15) is 18.0 Å². The molecule has 1 aliphatic carbocycles. The molecule has 1 aromatic carbocycles. The zero-order chi connectivity index (χ0) is 30.5. The summed E-state index contributed by atoms with van der Waals surface area (Å²) in [5.41, 5.74) is 1.05. The highest BCUT2D eigenvalue weighted by Gasteiger charge is 2.29. The zero-order valence-electron chi connectivity index (χ0n) is 25.0. The number of sulfonamides is 1. The monoisotopic (exact) mass is 598 g/mol. The lowest BCUT2D eigenvalue weighted by atomic mass is 9.86. The molecule has 12 heteroatoms. The number of nitrogens with one attached hydrogen (secondary N) is 2. The maximum absolute atomic E-state index is 13.3. The molecule has 2 aromatic heterocycles. The predicted molar refractivity (Wildman–Crippen MR) is 162 cm³/mol. The summed E-state index contributed by atoms with van der Waals surface area (Å²) in [6.45, 7) is 5.83. The molecule has 0 saturated heterocycles. The number of carbonyl (C=O) groups is 2. The zero-order valence-corrected chi connectivity index (χ0v) is 25.9. The Morgan fingerprint density at radius 1 is 1.10 bits per heavy atom. The molecule has 3 aromatic rings. The number of rotatable bonds is 11. The van der Waals surface area contributed by atoms with Gasteiger partial charge >= 0.3 is 5.97 Å². The molecule has 11 nitrogen and oxygen atoms in total. The molecule has 2 heterocycles. The predicted octanol–water partition coefficient (Wildman–Crippen LogP) is 3.77. The summed E-state index contributed by atoms with van der Waals surface area (Å²) in [5, 5.41) is 3.67. The van der Waals surface area contributed by atoms with Gasteiger partial charge in [0.2, 0.25) is 15.9 Å². The summed E-state index contributed by atoms with van der Waals surface area (Å²) in [5.74, 6) is 0.288. The van der Waals surface area contributed by atoms with E-state index in [1.807, 2.05) is 52.1 Å². The Kier molecular flexibility index (Phi) is 9.88. The van der Waals surface area contributed by atoms with Gasteiger partial charge in [-0.2, -0.15) is 0 Å². The number of aromatic nitrogens is 3. The topological polar surface area (TPSA) is 136 Å². The SMILES string of the molecule is CNS(=O)(=O)CC1CCC(N(C)c2ncnc3c2ccn3COC(=O)[C@@H](NC(=O)CC(C)(C)C)c2ccccc2)CC1. The Morgan fingerprint density at radius 3 is 2.43 bits per heavy atom. The number of fused-ring (bicyclic) bond motifs is 1. The van der Waals surface area contributed by atoms with Crippen LogP contribution < -0.4 is 14.9 Å². The van der Waals surface area contributed by atoms with Crippen molar-refractivity contribution in [3.8, 4) is 0 Å². The maximum Gasteiger partial charge on any atom is 0.335 e. The van der Waals surface area contributed by atoms with E-state index in [2.05, 4.69) is 24.9 Å². The number of esters is 1. The van der Waals surface area contributed by atoms with Gasteiger partial charge in [-0.25, -0.2) is 27.9 Å². The molecular weight excluding hydrogens is 556 g/mol. The van der Waals surface area contributed by atoms with Gasteiger partial charge in [0.05, 0.1) is 11.1 Å². The second-order valence-electron chi connectivity index (χ2n) is 12.2. The molecule has 0 aliphatic heterocycles. The average Bonchev–Trinajstić information content (AvgIpc) is 3.37. The third-order valence-electron chi connectivity index (χ3n) is 7.71. The molecule has 1 saturated carbocycles. The summed E-state index contributed by atoms with van der Waals surface area (Å²) in [7, 11) is 0.228. The van der Waals surface area contributed by atoms with E-state index in [1.54, 1.807) is 22.9 Å². The van der Waals surface area contributed by atoms with Crippen LogP contribution in [0.5, 0.6) is 0 Å². The van der Waals surface area contributed by atoms with Crippen LogP contribution in [0.25, 0.3) is 11.0 Å². The normalized spacial score (nSPS) is 18.4. The highest BCUT2D eigenvalue weighted by atomic mass is 32.2. The van der Waals surface area contributed by atoms with Gasteiger partial charge in [-0.15, -0.1) is 0 Å². The van der Waals surface area contributed by atoms with E-state index < -0.39 is 22.0 Å². The van der Waals surface area contributed by atoms with Crippen LogP contribution in [0.4, 0.5) is 5.82 Å². The van der Waals surface area contributed by atoms with E-state index in [0.29, 0.717) is 11.2 Å². The number of benzene rings is 1. The first kappa shape index (κ1) is 31.4. The number of carbonyl (C=O) groups excluding carboxylic acids is 2. The van der Waals surface area contributed by atoms with Gasteiger partial charge < -0.3 is 15.0 Å². The summed E-state index contributed by atoms with van der Waals surface area (Å²) in [4.78, 5) is 37.1. The Bertz CT molecular complexity index is 1480. The molecule has 0 bridgehead atoms. The van der Waals surface area contributed by atoms with E-state index in [1.165, 1.54) is 13.4 Å². The van der Waals surface area contributed by atoms with E-state index >= 15 is 0 Å². The number of amides is 1. The fourth-order valence-electron chi connectivity index (χ4n) is 5.48. The second kappa shape index (κ2) is 13.2. The molecule has 42 heavy (non-hydrogen) atoms. The highest BCUT2D eigenvalue weighted by Crippen LogP contribution is 2.32. The molecule has 228 valence electrons. The van der Waals surface area contributed by atoms with Crippen LogP contribution in [0, 0.1) is 11.3 Å². The molecule has 1 amide bonds. The van der Waals surface area contributed by atoms with Gasteiger partial charge in [-0.3, -0.25) is 9.36 Å². The van der Waals surface area contributed by atoms with Crippen molar-refractivity contribution < 1.29 is 22.7 Å². The van der Waals surface area contributed by atoms with Crippen LogP contribution in [0.15, 0.2) is 48.9 Å². The summed E-state index contributed by atoms with van der Waals surface area (Å²) in [6, 6.07) is 10.3. The number of anilines is 1. The van der Waals surface area contributed by atoms with Crippen LogP contribution in [0.2, 0.25) is 0 Å². The van der Waals surface area contributed by atoms with Crippen LogP contribution in [0.1, 0.15) is 64.5 Å². The van der Waals surface area contributed by atoms with Crippen LogP contribution >= 0.6 is 0 Å². The molecule has 1 atom stereocenters. The Morgan fingerprint density at radius 2 is 1.79 bits per heavy atom. The Balaban J connectivity index is 1.44. The quantitative estimate of drug-likeness (QED) is 0.319. The minimum Gasteiger partial charge on any atom is -0.442 e. The third kappa shape index (κ3) is 8.07. The molecule has 0 spiro atoms. The standard InChI is InChI=1S/C30H42N6O5S/c1-30(2,3)17-25(37)34-26(22-9-7-6-8-10-22)29(38)41-20-36-16-15-24-27(32-19-33-28(24)36)35(5)23-13-11-21(12-14-23)18-42(39,40)31-4/h6-10,15-16,19,21,23,26,31H,11-14,17-18,20H2,1-5H3,(H,34,37)/t21?,23?,26-/m0/s1. The Labute approximate surface area is 248 Å². The van der Waals surface area contributed by atoms with Gasteiger partial charge in [0.1, 0.15) is 17.8 Å². The minimum atomic E-state index is -3.23. The van der Waals surface area contributed by atoms with E-state index in [-0.39, 0.29) is 42.2 Å². The number of ether oxygens (including phenoxy) is 1. The van der Waals surface area contributed by atoms with Crippen LogP contribution in [0.3, 0.4) is 0 Å². The van der Waals surface area contributed by atoms with Crippen molar-refractivity contribution in [2.75, 3.05) is 24.7 Å². The molecule has 2 N–H and O–H groups in total.